The van der Waals surface area contributed by atoms with Crippen molar-refractivity contribution in [1.29, 1.82) is 0 Å². The number of benzene rings is 1. The lowest BCUT2D eigenvalue weighted by molar-refractivity contribution is -0.386. The zero-order chi connectivity index (χ0) is 10.9. The van der Waals surface area contributed by atoms with Crippen LogP contribution in [-0.2, 0) is 0 Å². The standard InChI is InChI=1S/C8H10N2O4/c1-4(9)5-2-3-6(11)8(12)7(5)10(13)14/h2-4,11-12H,9H2,1H3. The lowest BCUT2D eigenvalue weighted by atomic mass is 10.1. The Balaban J connectivity index is 3.45. The molecule has 0 radical (unpaired) electrons. The van der Waals surface area contributed by atoms with Crippen molar-refractivity contribution in [3.8, 4) is 11.5 Å². The topological polar surface area (TPSA) is 110 Å². The van der Waals surface area contributed by atoms with Crippen LogP contribution in [0.2, 0.25) is 0 Å². The Morgan fingerprint density at radius 1 is 1.50 bits per heavy atom. The van der Waals surface area contributed by atoms with Crippen LogP contribution in [-0.4, -0.2) is 15.1 Å². The van der Waals surface area contributed by atoms with Gasteiger partial charge in [-0.3, -0.25) is 10.1 Å². The average Bonchev–Trinajstić information content (AvgIpc) is 2.08. The molecule has 0 aliphatic rings. The van der Waals surface area contributed by atoms with Crippen molar-refractivity contribution < 1.29 is 15.1 Å². The highest BCUT2D eigenvalue weighted by atomic mass is 16.6. The summed E-state index contributed by atoms with van der Waals surface area (Å²) < 4.78 is 0. The number of hydrogen-bond acceptors (Lipinski definition) is 5. The monoisotopic (exact) mass is 198 g/mol. The van der Waals surface area contributed by atoms with Gasteiger partial charge in [0.15, 0.2) is 5.75 Å². The predicted molar refractivity (Wildman–Crippen MR) is 49.0 cm³/mol. The second-order valence-electron chi connectivity index (χ2n) is 2.92. The van der Waals surface area contributed by atoms with Crippen LogP contribution < -0.4 is 5.73 Å². The molecule has 0 saturated heterocycles. The van der Waals surface area contributed by atoms with E-state index in [0.717, 1.165) is 0 Å². The van der Waals surface area contributed by atoms with E-state index in [9.17, 15) is 15.2 Å². The van der Waals surface area contributed by atoms with Crippen molar-refractivity contribution in [2.75, 3.05) is 0 Å². The average molecular weight is 198 g/mol. The van der Waals surface area contributed by atoms with Crippen molar-refractivity contribution in [1.82, 2.24) is 0 Å². The van der Waals surface area contributed by atoms with E-state index in [2.05, 4.69) is 0 Å². The molecule has 76 valence electrons. The minimum absolute atomic E-state index is 0.185. The Morgan fingerprint density at radius 2 is 2.07 bits per heavy atom. The van der Waals surface area contributed by atoms with Crippen LogP contribution in [0.4, 0.5) is 5.69 Å². The molecule has 6 nitrogen and oxygen atoms in total. The fraction of sp³-hybridized carbons (Fsp3) is 0.250. The van der Waals surface area contributed by atoms with Gasteiger partial charge in [-0.2, -0.15) is 0 Å². The van der Waals surface area contributed by atoms with Gasteiger partial charge in [0.25, 0.3) is 0 Å². The van der Waals surface area contributed by atoms with E-state index in [-0.39, 0.29) is 5.56 Å². The lowest BCUT2D eigenvalue weighted by Crippen LogP contribution is -2.08. The summed E-state index contributed by atoms with van der Waals surface area (Å²) >= 11 is 0. The fourth-order valence-corrected chi connectivity index (χ4v) is 1.14. The third-order valence-electron chi connectivity index (χ3n) is 1.83. The fourth-order valence-electron chi connectivity index (χ4n) is 1.14. The smallest absolute Gasteiger partial charge is 0.319 e. The van der Waals surface area contributed by atoms with Crippen molar-refractivity contribution in [3.63, 3.8) is 0 Å². The van der Waals surface area contributed by atoms with Crippen molar-refractivity contribution in [2.45, 2.75) is 13.0 Å². The van der Waals surface area contributed by atoms with Crippen LogP contribution in [0.3, 0.4) is 0 Å². The molecule has 0 saturated carbocycles. The molecule has 4 N–H and O–H groups in total. The van der Waals surface area contributed by atoms with Crippen molar-refractivity contribution in [2.24, 2.45) is 5.73 Å². The highest BCUT2D eigenvalue weighted by Gasteiger charge is 2.24. The molecule has 0 fully saturated rings. The largest absolute Gasteiger partial charge is 0.504 e. The molecule has 1 rings (SSSR count). The first-order valence-electron chi connectivity index (χ1n) is 3.90. The molecule has 6 heteroatoms. The zero-order valence-corrected chi connectivity index (χ0v) is 7.47. The number of phenolic OH excluding ortho intramolecular Hbond substituents is 2. The van der Waals surface area contributed by atoms with Gasteiger partial charge in [0.1, 0.15) is 0 Å². The first kappa shape index (κ1) is 10.3. The predicted octanol–water partition coefficient (Wildman–Crippen LogP) is 1.03. The molecule has 14 heavy (non-hydrogen) atoms. The van der Waals surface area contributed by atoms with Gasteiger partial charge in [0.2, 0.25) is 5.75 Å². The second kappa shape index (κ2) is 3.51. The molecule has 0 bridgehead atoms. The molecule has 0 spiro atoms. The maximum Gasteiger partial charge on any atom is 0.319 e. The summed E-state index contributed by atoms with van der Waals surface area (Å²) in [5, 5.41) is 28.9. The van der Waals surface area contributed by atoms with Crippen LogP contribution in [0, 0.1) is 10.1 Å². The molecular weight excluding hydrogens is 188 g/mol. The quantitative estimate of drug-likeness (QED) is 0.373. The Morgan fingerprint density at radius 3 is 2.50 bits per heavy atom. The van der Waals surface area contributed by atoms with Crippen LogP contribution >= 0.6 is 0 Å². The minimum atomic E-state index is -0.770. The molecule has 1 atom stereocenters. The van der Waals surface area contributed by atoms with E-state index < -0.39 is 28.2 Å². The van der Waals surface area contributed by atoms with Gasteiger partial charge in [-0.15, -0.1) is 0 Å². The summed E-state index contributed by atoms with van der Waals surface area (Å²) in [6.07, 6.45) is 0. The molecule has 0 heterocycles. The van der Waals surface area contributed by atoms with Gasteiger partial charge < -0.3 is 15.9 Å². The number of nitro benzene ring substituents is 1. The van der Waals surface area contributed by atoms with E-state index in [1.807, 2.05) is 0 Å². The van der Waals surface area contributed by atoms with Gasteiger partial charge >= 0.3 is 5.69 Å². The summed E-state index contributed by atoms with van der Waals surface area (Å²) in [4.78, 5) is 9.81. The van der Waals surface area contributed by atoms with Gasteiger partial charge in [-0.05, 0) is 19.1 Å². The molecule has 0 aliphatic carbocycles. The number of phenols is 2. The Bertz CT molecular complexity index is 376. The molecule has 1 aromatic rings. The second-order valence-corrected chi connectivity index (χ2v) is 2.92. The Kier molecular flexibility index (Phi) is 2.57. The Hall–Kier alpha value is -1.82. The number of nitrogens with two attached hydrogens (primary N) is 1. The highest BCUT2D eigenvalue weighted by molar-refractivity contribution is 5.59. The van der Waals surface area contributed by atoms with E-state index in [0.29, 0.717) is 0 Å². The van der Waals surface area contributed by atoms with E-state index >= 15 is 0 Å². The number of nitrogens with zero attached hydrogens (tertiary/aromatic N) is 1. The van der Waals surface area contributed by atoms with Crippen LogP contribution in [0.1, 0.15) is 18.5 Å². The third kappa shape index (κ3) is 1.60. The third-order valence-corrected chi connectivity index (χ3v) is 1.83. The van der Waals surface area contributed by atoms with E-state index in [1.54, 1.807) is 6.92 Å². The number of nitro groups is 1. The summed E-state index contributed by atoms with van der Waals surface area (Å²) in [5.41, 5.74) is 5.12. The van der Waals surface area contributed by atoms with Gasteiger partial charge in [-0.1, -0.05) is 0 Å². The SMILES string of the molecule is CC(N)c1ccc(O)c(O)c1[N+](=O)[O-]. The summed E-state index contributed by atoms with van der Waals surface area (Å²) in [7, 11) is 0. The number of rotatable bonds is 2. The van der Waals surface area contributed by atoms with Crippen LogP contribution in [0.15, 0.2) is 12.1 Å². The van der Waals surface area contributed by atoms with Crippen LogP contribution in [0.5, 0.6) is 11.5 Å². The molecular formula is C8H10N2O4. The van der Waals surface area contributed by atoms with Gasteiger partial charge in [-0.25, -0.2) is 0 Å². The van der Waals surface area contributed by atoms with Gasteiger partial charge in [0, 0.05) is 6.04 Å². The summed E-state index contributed by atoms with van der Waals surface area (Å²) in [6.45, 7) is 1.55. The number of hydrogen-bond donors (Lipinski definition) is 3. The summed E-state index contributed by atoms with van der Waals surface area (Å²) in [6, 6.07) is 1.90. The first-order valence-corrected chi connectivity index (χ1v) is 3.90. The van der Waals surface area contributed by atoms with Crippen molar-refractivity contribution >= 4 is 5.69 Å². The van der Waals surface area contributed by atoms with E-state index in [4.69, 9.17) is 10.8 Å². The molecule has 1 aromatic carbocycles. The van der Waals surface area contributed by atoms with E-state index in [1.165, 1.54) is 12.1 Å². The van der Waals surface area contributed by atoms with Crippen LogP contribution in [0.25, 0.3) is 0 Å². The maximum atomic E-state index is 10.6. The summed E-state index contributed by atoms with van der Waals surface area (Å²) in [5.74, 6) is -1.27. The Labute approximate surface area is 79.7 Å². The molecule has 1 unspecified atom stereocenters. The number of aromatic hydroxyl groups is 2. The highest BCUT2D eigenvalue weighted by Crippen LogP contribution is 2.39. The molecule has 0 aliphatic heterocycles. The molecule has 0 amide bonds. The maximum absolute atomic E-state index is 10.6. The van der Waals surface area contributed by atoms with Gasteiger partial charge in [0.05, 0.1) is 10.5 Å². The van der Waals surface area contributed by atoms with Crippen molar-refractivity contribution in [3.05, 3.63) is 27.8 Å². The lowest BCUT2D eigenvalue weighted by Gasteiger charge is -2.08. The minimum Gasteiger partial charge on any atom is -0.504 e. The normalized spacial score (nSPS) is 12.4. The zero-order valence-electron chi connectivity index (χ0n) is 7.47. The first-order chi connectivity index (χ1) is 6.45. The molecule has 0 aromatic heterocycles.